The smallest absolute Gasteiger partial charge is 0.227 e. The number of nitrogens with one attached hydrogen (secondary N) is 1. The van der Waals surface area contributed by atoms with Crippen LogP contribution in [0.4, 0.5) is 5.69 Å². The predicted octanol–water partition coefficient (Wildman–Crippen LogP) is 2.75. The van der Waals surface area contributed by atoms with E-state index in [2.05, 4.69) is 5.32 Å². The molecule has 0 spiro atoms. The summed E-state index contributed by atoms with van der Waals surface area (Å²) in [5, 5.41) is 2.70. The molecule has 0 aliphatic rings. The number of amides is 2. The number of hydrogen-bond donors (Lipinski definition) is 1. The Hall–Kier alpha value is -2.56. The van der Waals surface area contributed by atoms with Crippen LogP contribution in [0.2, 0.25) is 0 Å². The number of benzene rings is 1. The monoisotopic (exact) mass is 300 g/mol. The second-order valence-corrected chi connectivity index (χ2v) is 5.32. The molecule has 1 N–H and O–H groups in total. The predicted molar refractivity (Wildman–Crippen MR) is 84.4 cm³/mol. The van der Waals surface area contributed by atoms with Gasteiger partial charge in [-0.1, -0.05) is 12.1 Å². The Morgan fingerprint density at radius 2 is 1.82 bits per heavy atom. The summed E-state index contributed by atoms with van der Waals surface area (Å²) in [5.41, 5.74) is 1.63. The number of rotatable bonds is 5. The van der Waals surface area contributed by atoms with Crippen LogP contribution < -0.4 is 5.32 Å². The van der Waals surface area contributed by atoms with Crippen molar-refractivity contribution in [2.45, 2.75) is 26.8 Å². The zero-order valence-electron chi connectivity index (χ0n) is 13.1. The van der Waals surface area contributed by atoms with Gasteiger partial charge in [-0.05, 0) is 36.8 Å². The van der Waals surface area contributed by atoms with Gasteiger partial charge in [0.25, 0.3) is 0 Å². The second-order valence-electron chi connectivity index (χ2n) is 5.32. The lowest BCUT2D eigenvalue weighted by atomic mass is 10.1. The molecule has 5 nitrogen and oxygen atoms in total. The largest absolute Gasteiger partial charge is 0.464 e. The van der Waals surface area contributed by atoms with Crippen LogP contribution in [0.3, 0.4) is 0 Å². The first-order valence-electron chi connectivity index (χ1n) is 7.10. The minimum atomic E-state index is -0.114. The lowest BCUT2D eigenvalue weighted by Gasteiger charge is -2.16. The van der Waals surface area contributed by atoms with Gasteiger partial charge in [-0.2, -0.15) is 0 Å². The van der Waals surface area contributed by atoms with Crippen molar-refractivity contribution in [3.63, 3.8) is 0 Å². The molecule has 0 unspecified atom stereocenters. The fourth-order valence-corrected chi connectivity index (χ4v) is 2.11. The van der Waals surface area contributed by atoms with Gasteiger partial charge in [0.05, 0.1) is 13.0 Å². The van der Waals surface area contributed by atoms with Gasteiger partial charge >= 0.3 is 0 Å². The molecule has 0 atom stereocenters. The standard InChI is InChI=1S/C17H20N2O3/c1-12-4-9-16(22-12)11-19(3)17(21)10-14-5-7-15(8-6-14)18-13(2)20/h4-9H,10-11H2,1-3H3,(H,18,20). The Labute approximate surface area is 129 Å². The molecule has 1 aromatic heterocycles. The van der Waals surface area contributed by atoms with Gasteiger partial charge in [0.2, 0.25) is 11.8 Å². The molecular weight excluding hydrogens is 280 g/mol. The van der Waals surface area contributed by atoms with E-state index >= 15 is 0 Å². The van der Waals surface area contributed by atoms with Crippen LogP contribution in [0.15, 0.2) is 40.8 Å². The normalized spacial score (nSPS) is 10.3. The van der Waals surface area contributed by atoms with Crippen LogP contribution in [0.1, 0.15) is 24.0 Å². The molecule has 1 aromatic carbocycles. The Balaban J connectivity index is 1.91. The highest BCUT2D eigenvalue weighted by Gasteiger charge is 2.12. The summed E-state index contributed by atoms with van der Waals surface area (Å²) < 4.78 is 5.47. The van der Waals surface area contributed by atoms with Crippen molar-refractivity contribution in [2.24, 2.45) is 0 Å². The van der Waals surface area contributed by atoms with Crippen molar-refractivity contribution in [1.82, 2.24) is 4.90 Å². The molecule has 2 aromatic rings. The van der Waals surface area contributed by atoms with Crippen molar-refractivity contribution < 1.29 is 14.0 Å². The molecule has 2 amide bonds. The molecule has 1 heterocycles. The quantitative estimate of drug-likeness (QED) is 0.923. The first kappa shape index (κ1) is 15.8. The van der Waals surface area contributed by atoms with Crippen molar-refractivity contribution in [3.05, 3.63) is 53.5 Å². The van der Waals surface area contributed by atoms with E-state index in [1.54, 1.807) is 24.1 Å². The van der Waals surface area contributed by atoms with E-state index in [4.69, 9.17) is 4.42 Å². The molecule has 0 aliphatic heterocycles. The average Bonchev–Trinajstić information content (AvgIpc) is 2.85. The summed E-state index contributed by atoms with van der Waals surface area (Å²) in [7, 11) is 1.76. The molecule has 2 rings (SSSR count). The number of hydrogen-bond acceptors (Lipinski definition) is 3. The van der Waals surface area contributed by atoms with Crippen molar-refractivity contribution >= 4 is 17.5 Å². The highest BCUT2D eigenvalue weighted by atomic mass is 16.3. The van der Waals surface area contributed by atoms with Gasteiger partial charge in [-0.25, -0.2) is 0 Å². The third-order valence-electron chi connectivity index (χ3n) is 3.24. The lowest BCUT2D eigenvalue weighted by Crippen LogP contribution is -2.27. The van der Waals surface area contributed by atoms with E-state index in [-0.39, 0.29) is 11.8 Å². The van der Waals surface area contributed by atoms with E-state index in [1.165, 1.54) is 6.92 Å². The van der Waals surface area contributed by atoms with Crippen LogP contribution in [0.25, 0.3) is 0 Å². The Bertz CT molecular complexity index is 659. The number of nitrogens with zero attached hydrogens (tertiary/aromatic N) is 1. The van der Waals surface area contributed by atoms with Crippen molar-refractivity contribution in [1.29, 1.82) is 0 Å². The van der Waals surface area contributed by atoms with E-state index in [1.807, 2.05) is 31.2 Å². The molecule has 5 heteroatoms. The van der Waals surface area contributed by atoms with Crippen molar-refractivity contribution in [3.8, 4) is 0 Å². The number of furan rings is 1. The summed E-state index contributed by atoms with van der Waals surface area (Å²) in [6.07, 6.45) is 0.316. The molecule has 0 fully saturated rings. The van der Waals surface area contributed by atoms with Gasteiger partial charge in [0.15, 0.2) is 0 Å². The molecular formula is C17H20N2O3. The molecule has 0 saturated carbocycles. The third-order valence-corrected chi connectivity index (χ3v) is 3.24. The zero-order valence-corrected chi connectivity index (χ0v) is 13.1. The number of anilines is 1. The van der Waals surface area contributed by atoms with Gasteiger partial charge in [-0.3, -0.25) is 9.59 Å². The Kier molecular flexibility index (Phi) is 4.99. The molecule has 0 bridgehead atoms. The highest BCUT2D eigenvalue weighted by Crippen LogP contribution is 2.12. The van der Waals surface area contributed by atoms with Gasteiger partial charge in [0, 0.05) is 19.7 Å². The number of aryl methyl sites for hydroxylation is 1. The highest BCUT2D eigenvalue weighted by molar-refractivity contribution is 5.88. The van der Waals surface area contributed by atoms with Gasteiger partial charge < -0.3 is 14.6 Å². The average molecular weight is 300 g/mol. The summed E-state index contributed by atoms with van der Waals surface area (Å²) in [5.74, 6) is 1.51. The van der Waals surface area contributed by atoms with Crippen molar-refractivity contribution in [2.75, 3.05) is 12.4 Å². The van der Waals surface area contributed by atoms with Gasteiger partial charge in [0.1, 0.15) is 11.5 Å². The number of likely N-dealkylation sites (N-methyl/N-ethyl adjacent to an activating group) is 1. The maximum Gasteiger partial charge on any atom is 0.227 e. The Morgan fingerprint density at radius 1 is 1.14 bits per heavy atom. The molecule has 116 valence electrons. The SMILES string of the molecule is CC(=O)Nc1ccc(CC(=O)N(C)Cc2ccc(C)o2)cc1. The van der Waals surface area contributed by atoms with Crippen LogP contribution in [-0.4, -0.2) is 23.8 Å². The molecule has 0 saturated heterocycles. The van der Waals surface area contributed by atoms with Crippen LogP contribution in [0, 0.1) is 6.92 Å². The van der Waals surface area contributed by atoms with Crippen LogP contribution >= 0.6 is 0 Å². The van der Waals surface area contributed by atoms with Crippen LogP contribution in [-0.2, 0) is 22.6 Å². The molecule has 0 aliphatic carbocycles. The summed E-state index contributed by atoms with van der Waals surface area (Å²) >= 11 is 0. The Morgan fingerprint density at radius 3 is 2.36 bits per heavy atom. The number of carbonyl (C=O) groups excluding carboxylic acids is 2. The fourth-order valence-electron chi connectivity index (χ4n) is 2.11. The second kappa shape index (κ2) is 6.93. The third kappa shape index (κ3) is 4.48. The first-order valence-corrected chi connectivity index (χ1v) is 7.10. The summed E-state index contributed by atoms with van der Waals surface area (Å²) in [6.45, 7) is 3.79. The maximum absolute atomic E-state index is 12.2. The molecule has 22 heavy (non-hydrogen) atoms. The zero-order chi connectivity index (χ0) is 16.1. The van der Waals surface area contributed by atoms with E-state index in [9.17, 15) is 9.59 Å². The first-order chi connectivity index (χ1) is 10.4. The van der Waals surface area contributed by atoms with Gasteiger partial charge in [-0.15, -0.1) is 0 Å². The topological polar surface area (TPSA) is 62.6 Å². The fraction of sp³-hybridized carbons (Fsp3) is 0.294. The van der Waals surface area contributed by atoms with Crippen LogP contribution in [0.5, 0.6) is 0 Å². The lowest BCUT2D eigenvalue weighted by molar-refractivity contribution is -0.129. The maximum atomic E-state index is 12.2. The minimum Gasteiger partial charge on any atom is -0.464 e. The molecule has 0 radical (unpaired) electrons. The van der Waals surface area contributed by atoms with E-state index < -0.39 is 0 Å². The minimum absolute atomic E-state index is 0.0151. The van der Waals surface area contributed by atoms with E-state index in [0.29, 0.717) is 13.0 Å². The number of carbonyl (C=O) groups is 2. The summed E-state index contributed by atoms with van der Waals surface area (Å²) in [6, 6.07) is 11.0. The van der Waals surface area contributed by atoms with E-state index in [0.717, 1.165) is 22.8 Å². The summed E-state index contributed by atoms with van der Waals surface area (Å²) in [4.78, 5) is 24.8.